The number of nitro groups is 1. The first-order chi connectivity index (χ1) is 13.2. The predicted octanol–water partition coefficient (Wildman–Crippen LogP) is 2.79. The number of morpholine rings is 1. The molecule has 1 amide bonds. The molecule has 1 heterocycles. The van der Waals surface area contributed by atoms with Crippen molar-refractivity contribution in [2.24, 2.45) is 0 Å². The summed E-state index contributed by atoms with van der Waals surface area (Å²) in [7, 11) is 0. The molecule has 154 valence electrons. The van der Waals surface area contributed by atoms with Crippen LogP contribution >= 0.6 is 0 Å². The molecule has 8 nitrogen and oxygen atoms in total. The van der Waals surface area contributed by atoms with Crippen LogP contribution in [0.5, 0.6) is 0 Å². The quantitative estimate of drug-likeness (QED) is 0.549. The van der Waals surface area contributed by atoms with E-state index in [1.54, 1.807) is 12.1 Å². The lowest BCUT2D eigenvalue weighted by atomic mass is 10.00. The molecular formula is C20H30N4O4. The summed E-state index contributed by atoms with van der Waals surface area (Å²) in [6, 6.07) is 4.92. The van der Waals surface area contributed by atoms with E-state index in [0.717, 1.165) is 25.9 Å². The Morgan fingerprint density at radius 2 is 1.93 bits per heavy atom. The molecule has 0 bridgehead atoms. The van der Waals surface area contributed by atoms with E-state index in [0.29, 0.717) is 23.8 Å². The highest BCUT2D eigenvalue weighted by Gasteiger charge is 2.33. The zero-order valence-electron chi connectivity index (χ0n) is 17.0. The highest BCUT2D eigenvalue weighted by molar-refractivity contribution is 5.95. The maximum atomic E-state index is 12.6. The van der Waals surface area contributed by atoms with Gasteiger partial charge in [-0.3, -0.25) is 19.8 Å². The van der Waals surface area contributed by atoms with E-state index in [9.17, 15) is 14.9 Å². The van der Waals surface area contributed by atoms with Crippen LogP contribution in [0, 0.1) is 10.1 Å². The van der Waals surface area contributed by atoms with Crippen molar-refractivity contribution in [2.45, 2.75) is 64.3 Å². The van der Waals surface area contributed by atoms with Crippen molar-refractivity contribution in [1.82, 2.24) is 10.2 Å². The van der Waals surface area contributed by atoms with Crippen LogP contribution in [0.15, 0.2) is 18.2 Å². The van der Waals surface area contributed by atoms with Gasteiger partial charge in [-0.2, -0.15) is 0 Å². The lowest BCUT2D eigenvalue weighted by Crippen LogP contribution is -2.58. The van der Waals surface area contributed by atoms with Gasteiger partial charge in [-0.1, -0.05) is 0 Å². The van der Waals surface area contributed by atoms with Gasteiger partial charge in [-0.15, -0.1) is 0 Å². The number of hydrogen-bond acceptors (Lipinski definition) is 6. The second kappa shape index (κ2) is 8.05. The number of carbonyl (C=O) groups is 1. The molecule has 1 saturated carbocycles. The van der Waals surface area contributed by atoms with Gasteiger partial charge in [0.1, 0.15) is 5.69 Å². The van der Waals surface area contributed by atoms with Crippen molar-refractivity contribution in [3.63, 3.8) is 0 Å². The number of nitrogens with one attached hydrogen (secondary N) is 2. The average Bonchev–Trinajstić information content (AvgIpc) is 3.43. The number of nitro benzene ring substituents is 1. The van der Waals surface area contributed by atoms with Gasteiger partial charge in [-0.25, -0.2) is 0 Å². The zero-order valence-corrected chi connectivity index (χ0v) is 17.0. The minimum Gasteiger partial charge on any atom is -0.377 e. The molecule has 0 unspecified atom stereocenters. The summed E-state index contributed by atoms with van der Waals surface area (Å²) in [4.78, 5) is 25.9. The molecule has 1 aromatic rings. The average molecular weight is 390 g/mol. The highest BCUT2D eigenvalue weighted by Crippen LogP contribution is 2.31. The summed E-state index contributed by atoms with van der Waals surface area (Å²) >= 11 is 0. The molecule has 2 atom stereocenters. The minimum absolute atomic E-state index is 0.0605. The van der Waals surface area contributed by atoms with E-state index in [1.807, 2.05) is 13.8 Å². The van der Waals surface area contributed by atoms with Crippen LogP contribution in [0.1, 0.15) is 50.9 Å². The van der Waals surface area contributed by atoms with Crippen LogP contribution in [0.2, 0.25) is 0 Å². The second-order valence-electron chi connectivity index (χ2n) is 8.57. The Bertz CT molecular complexity index is 738. The molecule has 3 rings (SSSR count). The van der Waals surface area contributed by atoms with Gasteiger partial charge in [-0.05, 0) is 52.7 Å². The van der Waals surface area contributed by atoms with E-state index in [1.165, 1.54) is 6.07 Å². The first-order valence-corrected chi connectivity index (χ1v) is 9.89. The number of carbonyl (C=O) groups excluding carboxylic acids is 1. The zero-order chi connectivity index (χ0) is 20.5. The van der Waals surface area contributed by atoms with Gasteiger partial charge >= 0.3 is 0 Å². The fraction of sp³-hybridized carbons (Fsp3) is 0.650. The Morgan fingerprint density at radius 1 is 1.29 bits per heavy atom. The summed E-state index contributed by atoms with van der Waals surface area (Å²) in [5.74, 6) is -0.302. The molecule has 0 radical (unpaired) electrons. The van der Waals surface area contributed by atoms with Crippen molar-refractivity contribution >= 4 is 17.3 Å². The molecule has 8 heteroatoms. The van der Waals surface area contributed by atoms with E-state index >= 15 is 0 Å². The summed E-state index contributed by atoms with van der Waals surface area (Å²) in [5.41, 5.74) is 0.462. The molecule has 1 aromatic carbocycles. The number of ether oxygens (including phenoxy) is 1. The predicted molar refractivity (Wildman–Crippen MR) is 108 cm³/mol. The minimum atomic E-state index is -0.443. The molecule has 1 aliphatic heterocycles. The highest BCUT2D eigenvalue weighted by atomic mass is 16.6. The molecule has 2 aliphatic rings. The van der Waals surface area contributed by atoms with Crippen molar-refractivity contribution in [3.8, 4) is 0 Å². The molecule has 2 N–H and O–H groups in total. The largest absolute Gasteiger partial charge is 0.377 e. The smallest absolute Gasteiger partial charge is 0.293 e. The number of nitrogens with zero attached hydrogens (tertiary/aromatic N) is 2. The standard InChI is InChI=1S/C20H30N4O4/c1-13-10-23(11-14(2)28-13)20(3,4)12-21-19(25)15-5-8-17(22-16-6-7-16)18(9-15)24(26)27/h5,8-9,13-14,16,22H,6-7,10-12H2,1-4H3,(H,21,25)/t13-,14+. The van der Waals surface area contributed by atoms with Gasteiger partial charge in [0.2, 0.25) is 0 Å². The molecule has 0 aromatic heterocycles. The summed E-state index contributed by atoms with van der Waals surface area (Å²) in [6.45, 7) is 10.3. The lowest BCUT2D eigenvalue weighted by molar-refractivity contribution is -0.384. The fourth-order valence-corrected chi connectivity index (χ4v) is 3.58. The number of benzene rings is 1. The van der Waals surface area contributed by atoms with Crippen LogP contribution in [0.3, 0.4) is 0 Å². The third-order valence-electron chi connectivity index (χ3n) is 5.35. The third kappa shape index (κ3) is 4.99. The van der Waals surface area contributed by atoms with Crippen molar-refractivity contribution < 1.29 is 14.5 Å². The van der Waals surface area contributed by atoms with Gasteiger partial charge in [0.15, 0.2) is 0 Å². The summed E-state index contributed by atoms with van der Waals surface area (Å²) in [6.07, 6.45) is 2.33. The molecular weight excluding hydrogens is 360 g/mol. The van der Waals surface area contributed by atoms with Crippen LogP contribution in [0.4, 0.5) is 11.4 Å². The maximum absolute atomic E-state index is 12.6. The fourth-order valence-electron chi connectivity index (χ4n) is 3.58. The first kappa shape index (κ1) is 20.5. The molecule has 1 aliphatic carbocycles. The van der Waals surface area contributed by atoms with Crippen LogP contribution < -0.4 is 10.6 Å². The van der Waals surface area contributed by atoms with Crippen LogP contribution in [-0.4, -0.2) is 59.2 Å². The maximum Gasteiger partial charge on any atom is 0.293 e. The van der Waals surface area contributed by atoms with Crippen molar-refractivity contribution in [3.05, 3.63) is 33.9 Å². The Balaban J connectivity index is 1.65. The van der Waals surface area contributed by atoms with Gasteiger partial charge in [0.25, 0.3) is 11.6 Å². The Morgan fingerprint density at radius 3 is 2.50 bits per heavy atom. The summed E-state index contributed by atoms with van der Waals surface area (Å²) < 4.78 is 5.79. The van der Waals surface area contributed by atoms with Crippen molar-refractivity contribution in [1.29, 1.82) is 0 Å². The van der Waals surface area contributed by atoms with E-state index in [-0.39, 0.29) is 29.3 Å². The number of anilines is 1. The van der Waals surface area contributed by atoms with Gasteiger partial charge in [0.05, 0.1) is 17.1 Å². The van der Waals surface area contributed by atoms with E-state index in [2.05, 4.69) is 29.4 Å². The third-order valence-corrected chi connectivity index (χ3v) is 5.35. The Labute approximate surface area is 165 Å². The number of amides is 1. The molecule has 2 fully saturated rings. The molecule has 28 heavy (non-hydrogen) atoms. The van der Waals surface area contributed by atoms with Crippen LogP contribution in [-0.2, 0) is 4.74 Å². The Hall–Kier alpha value is -2.19. The van der Waals surface area contributed by atoms with E-state index in [4.69, 9.17) is 4.74 Å². The normalized spacial score (nSPS) is 23.3. The SMILES string of the molecule is C[C@@H]1CN(C(C)(C)CNC(=O)c2ccc(NC3CC3)c([N+](=O)[O-])c2)C[C@H](C)O1. The molecule has 1 saturated heterocycles. The summed E-state index contributed by atoms with van der Waals surface area (Å²) in [5, 5.41) is 17.5. The molecule has 0 spiro atoms. The number of rotatable bonds is 7. The lowest BCUT2D eigenvalue weighted by Gasteiger charge is -2.45. The monoisotopic (exact) mass is 390 g/mol. The number of hydrogen-bond donors (Lipinski definition) is 2. The van der Waals surface area contributed by atoms with Crippen molar-refractivity contribution in [2.75, 3.05) is 25.0 Å². The van der Waals surface area contributed by atoms with Crippen LogP contribution in [0.25, 0.3) is 0 Å². The second-order valence-corrected chi connectivity index (χ2v) is 8.57. The first-order valence-electron chi connectivity index (χ1n) is 9.89. The van der Waals surface area contributed by atoms with Gasteiger partial charge in [0, 0.05) is 42.8 Å². The topological polar surface area (TPSA) is 96.7 Å². The van der Waals surface area contributed by atoms with E-state index < -0.39 is 4.92 Å². The van der Waals surface area contributed by atoms with Gasteiger partial charge < -0.3 is 15.4 Å². The Kier molecular flexibility index (Phi) is 5.90.